The third-order valence-electron chi connectivity index (χ3n) is 2.48. The predicted molar refractivity (Wildman–Crippen MR) is 61.4 cm³/mol. The SMILES string of the molecule is CCC(CO)NCc1cccc(C(=O)O)c1. The standard InChI is InChI=1S/C12H17NO3/c1-2-11(8-14)13-7-9-4-3-5-10(6-9)12(15)16/h3-6,11,13-14H,2,7-8H2,1H3,(H,15,16). The van der Waals surface area contributed by atoms with Gasteiger partial charge in [-0.05, 0) is 24.1 Å². The Labute approximate surface area is 94.9 Å². The maximum absolute atomic E-state index is 10.7. The summed E-state index contributed by atoms with van der Waals surface area (Å²) in [4.78, 5) is 10.7. The van der Waals surface area contributed by atoms with Crippen LogP contribution in [-0.4, -0.2) is 28.8 Å². The Kier molecular flexibility index (Phi) is 4.95. The van der Waals surface area contributed by atoms with Crippen LogP contribution in [0.5, 0.6) is 0 Å². The zero-order chi connectivity index (χ0) is 12.0. The highest BCUT2D eigenvalue weighted by Gasteiger charge is 2.05. The lowest BCUT2D eigenvalue weighted by atomic mass is 10.1. The number of carboxylic acids is 1. The van der Waals surface area contributed by atoms with E-state index in [-0.39, 0.29) is 18.2 Å². The Hall–Kier alpha value is -1.39. The molecule has 0 spiro atoms. The molecule has 0 aliphatic carbocycles. The summed E-state index contributed by atoms with van der Waals surface area (Å²) in [6.45, 7) is 2.65. The van der Waals surface area contributed by atoms with Gasteiger partial charge in [0.25, 0.3) is 0 Å². The van der Waals surface area contributed by atoms with Crippen molar-refractivity contribution in [3.8, 4) is 0 Å². The van der Waals surface area contributed by atoms with Gasteiger partial charge in [-0.2, -0.15) is 0 Å². The van der Waals surface area contributed by atoms with Crippen LogP contribution in [0.25, 0.3) is 0 Å². The van der Waals surface area contributed by atoms with E-state index in [9.17, 15) is 4.79 Å². The predicted octanol–water partition coefficient (Wildman–Crippen LogP) is 1.25. The van der Waals surface area contributed by atoms with E-state index in [0.717, 1.165) is 12.0 Å². The maximum atomic E-state index is 10.7. The second-order valence-electron chi connectivity index (χ2n) is 3.67. The first-order valence-electron chi connectivity index (χ1n) is 5.33. The average molecular weight is 223 g/mol. The second kappa shape index (κ2) is 6.25. The molecule has 0 heterocycles. The molecular weight excluding hydrogens is 206 g/mol. The first-order valence-corrected chi connectivity index (χ1v) is 5.33. The molecule has 0 aliphatic rings. The van der Waals surface area contributed by atoms with E-state index in [4.69, 9.17) is 10.2 Å². The smallest absolute Gasteiger partial charge is 0.335 e. The first-order chi connectivity index (χ1) is 7.67. The lowest BCUT2D eigenvalue weighted by molar-refractivity contribution is 0.0696. The van der Waals surface area contributed by atoms with Crippen molar-refractivity contribution in [1.82, 2.24) is 5.32 Å². The van der Waals surface area contributed by atoms with E-state index in [1.165, 1.54) is 0 Å². The number of nitrogens with one attached hydrogen (secondary N) is 1. The number of carbonyl (C=O) groups is 1. The van der Waals surface area contributed by atoms with Gasteiger partial charge in [0, 0.05) is 12.6 Å². The fourth-order valence-electron chi connectivity index (χ4n) is 1.41. The first kappa shape index (κ1) is 12.7. The van der Waals surface area contributed by atoms with Crippen molar-refractivity contribution in [3.63, 3.8) is 0 Å². The second-order valence-corrected chi connectivity index (χ2v) is 3.67. The van der Waals surface area contributed by atoms with Crippen LogP contribution >= 0.6 is 0 Å². The zero-order valence-electron chi connectivity index (χ0n) is 9.31. The largest absolute Gasteiger partial charge is 0.478 e. The third-order valence-corrected chi connectivity index (χ3v) is 2.48. The van der Waals surface area contributed by atoms with E-state index in [1.54, 1.807) is 18.2 Å². The van der Waals surface area contributed by atoms with Crippen molar-refractivity contribution in [2.75, 3.05) is 6.61 Å². The molecule has 1 aromatic carbocycles. The Balaban J connectivity index is 2.60. The Morgan fingerprint density at radius 1 is 1.50 bits per heavy atom. The Bertz CT molecular complexity index is 348. The molecule has 0 saturated heterocycles. The maximum Gasteiger partial charge on any atom is 0.335 e. The van der Waals surface area contributed by atoms with Gasteiger partial charge in [0.1, 0.15) is 0 Å². The van der Waals surface area contributed by atoms with Crippen LogP contribution in [-0.2, 0) is 6.54 Å². The number of hydrogen-bond donors (Lipinski definition) is 3. The fraction of sp³-hybridized carbons (Fsp3) is 0.417. The van der Waals surface area contributed by atoms with Crippen LogP contribution in [0.3, 0.4) is 0 Å². The number of carboxylic acid groups (broad SMARTS) is 1. The monoisotopic (exact) mass is 223 g/mol. The van der Waals surface area contributed by atoms with E-state index < -0.39 is 5.97 Å². The summed E-state index contributed by atoms with van der Waals surface area (Å²) in [6, 6.07) is 6.85. The number of aromatic carboxylic acids is 1. The van der Waals surface area contributed by atoms with Gasteiger partial charge < -0.3 is 15.5 Å². The molecule has 0 amide bonds. The van der Waals surface area contributed by atoms with E-state index in [0.29, 0.717) is 6.54 Å². The molecule has 16 heavy (non-hydrogen) atoms. The molecule has 4 heteroatoms. The quantitative estimate of drug-likeness (QED) is 0.678. The lowest BCUT2D eigenvalue weighted by Crippen LogP contribution is -2.31. The molecule has 1 rings (SSSR count). The highest BCUT2D eigenvalue weighted by Crippen LogP contribution is 2.05. The van der Waals surface area contributed by atoms with Crippen LogP contribution in [0.4, 0.5) is 0 Å². The average Bonchev–Trinajstić information content (AvgIpc) is 2.31. The zero-order valence-corrected chi connectivity index (χ0v) is 9.31. The molecule has 4 nitrogen and oxygen atoms in total. The molecule has 0 aromatic heterocycles. The van der Waals surface area contributed by atoms with Crippen LogP contribution in [0.2, 0.25) is 0 Å². The van der Waals surface area contributed by atoms with E-state index in [1.807, 2.05) is 13.0 Å². The molecule has 1 unspecified atom stereocenters. The highest BCUT2D eigenvalue weighted by molar-refractivity contribution is 5.87. The molecular formula is C12H17NO3. The molecule has 0 radical (unpaired) electrons. The van der Waals surface area contributed by atoms with Crippen molar-refractivity contribution in [2.45, 2.75) is 25.9 Å². The van der Waals surface area contributed by atoms with Crippen LogP contribution < -0.4 is 5.32 Å². The van der Waals surface area contributed by atoms with Gasteiger partial charge >= 0.3 is 5.97 Å². The third kappa shape index (κ3) is 3.64. The molecule has 3 N–H and O–H groups in total. The fourth-order valence-corrected chi connectivity index (χ4v) is 1.41. The summed E-state index contributed by atoms with van der Waals surface area (Å²) < 4.78 is 0. The van der Waals surface area contributed by atoms with Crippen LogP contribution in [0, 0.1) is 0 Å². The molecule has 88 valence electrons. The number of aliphatic hydroxyl groups excluding tert-OH is 1. The van der Waals surface area contributed by atoms with E-state index >= 15 is 0 Å². The van der Waals surface area contributed by atoms with Gasteiger partial charge in [-0.3, -0.25) is 0 Å². The molecule has 0 aliphatic heterocycles. The number of benzene rings is 1. The van der Waals surface area contributed by atoms with Crippen molar-refractivity contribution >= 4 is 5.97 Å². The molecule has 0 fully saturated rings. The highest BCUT2D eigenvalue weighted by atomic mass is 16.4. The lowest BCUT2D eigenvalue weighted by Gasteiger charge is -2.13. The van der Waals surface area contributed by atoms with Gasteiger partial charge in [-0.25, -0.2) is 4.79 Å². The summed E-state index contributed by atoms with van der Waals surface area (Å²) in [6.07, 6.45) is 0.842. The summed E-state index contributed by atoms with van der Waals surface area (Å²) in [5.74, 6) is -0.920. The molecule has 0 saturated carbocycles. The van der Waals surface area contributed by atoms with Crippen LogP contribution in [0.15, 0.2) is 24.3 Å². The number of aliphatic hydroxyl groups is 1. The summed E-state index contributed by atoms with van der Waals surface area (Å²) in [5, 5.41) is 21.0. The summed E-state index contributed by atoms with van der Waals surface area (Å²) in [5.41, 5.74) is 1.20. The van der Waals surface area contributed by atoms with Gasteiger partial charge in [0.15, 0.2) is 0 Å². The minimum atomic E-state index is -0.920. The molecule has 1 atom stereocenters. The van der Waals surface area contributed by atoms with Crippen LogP contribution in [0.1, 0.15) is 29.3 Å². The van der Waals surface area contributed by atoms with E-state index in [2.05, 4.69) is 5.32 Å². The van der Waals surface area contributed by atoms with Crippen molar-refractivity contribution < 1.29 is 15.0 Å². The Morgan fingerprint density at radius 2 is 2.25 bits per heavy atom. The van der Waals surface area contributed by atoms with Gasteiger partial charge in [-0.1, -0.05) is 19.1 Å². The van der Waals surface area contributed by atoms with Crippen molar-refractivity contribution in [1.29, 1.82) is 0 Å². The number of hydrogen-bond acceptors (Lipinski definition) is 3. The summed E-state index contributed by atoms with van der Waals surface area (Å²) in [7, 11) is 0. The minimum Gasteiger partial charge on any atom is -0.478 e. The van der Waals surface area contributed by atoms with Gasteiger partial charge in [0.05, 0.1) is 12.2 Å². The topological polar surface area (TPSA) is 69.6 Å². The van der Waals surface area contributed by atoms with Crippen molar-refractivity contribution in [3.05, 3.63) is 35.4 Å². The normalized spacial score (nSPS) is 12.4. The molecule has 1 aromatic rings. The Morgan fingerprint density at radius 3 is 2.81 bits per heavy atom. The van der Waals surface area contributed by atoms with Gasteiger partial charge in [-0.15, -0.1) is 0 Å². The minimum absolute atomic E-state index is 0.0634. The molecule has 0 bridgehead atoms. The van der Waals surface area contributed by atoms with Gasteiger partial charge in [0.2, 0.25) is 0 Å². The van der Waals surface area contributed by atoms with Crippen molar-refractivity contribution in [2.24, 2.45) is 0 Å². The summed E-state index contributed by atoms with van der Waals surface area (Å²) >= 11 is 0. The number of rotatable bonds is 6.